The topological polar surface area (TPSA) is 70.7 Å². The minimum absolute atomic E-state index is 0.347. The zero-order valence-electron chi connectivity index (χ0n) is 18.5. The molecule has 4 heterocycles. The molecule has 7 nitrogen and oxygen atoms in total. The van der Waals surface area contributed by atoms with Crippen LogP contribution in [0.25, 0.3) is 18.0 Å². The first-order valence-corrected chi connectivity index (χ1v) is 10.7. The third-order valence-corrected chi connectivity index (χ3v) is 5.75. The van der Waals surface area contributed by atoms with Gasteiger partial charge in [-0.15, -0.1) is 0 Å². The van der Waals surface area contributed by atoms with E-state index in [0.29, 0.717) is 41.7 Å². The van der Waals surface area contributed by atoms with Gasteiger partial charge in [0.05, 0.1) is 12.8 Å². The van der Waals surface area contributed by atoms with Gasteiger partial charge in [-0.25, -0.2) is 32.8 Å². The summed E-state index contributed by atoms with van der Waals surface area (Å²) in [6.07, 6.45) is 10.2. The number of ether oxygens (including phenoxy) is 1. The molecular weight excluding hydrogens is 445 g/mol. The summed E-state index contributed by atoms with van der Waals surface area (Å²) in [5.74, 6) is -1.99. The number of hydrogen-bond acceptors (Lipinski definition) is 5. The van der Waals surface area contributed by atoms with Crippen molar-refractivity contribution in [3.63, 3.8) is 0 Å². The third-order valence-electron chi connectivity index (χ3n) is 5.75. The first-order chi connectivity index (χ1) is 16.4. The number of nitrogens with zero attached hydrogens (tertiary/aromatic N) is 6. The summed E-state index contributed by atoms with van der Waals surface area (Å²) in [7, 11) is 1.57. The molecule has 0 N–H and O–H groups in total. The number of hydrogen-bond donors (Lipinski definition) is 0. The van der Waals surface area contributed by atoms with Gasteiger partial charge >= 0.3 is 0 Å². The molecule has 0 spiro atoms. The van der Waals surface area contributed by atoms with E-state index in [1.165, 1.54) is 0 Å². The van der Waals surface area contributed by atoms with Crippen molar-refractivity contribution < 1.29 is 17.9 Å². The lowest BCUT2D eigenvalue weighted by atomic mass is 9.91. The second-order valence-corrected chi connectivity index (χ2v) is 8.09. The molecule has 1 aliphatic heterocycles. The second kappa shape index (κ2) is 8.77. The molecule has 4 aromatic rings. The number of pyridine rings is 1. The Balaban J connectivity index is 1.42. The minimum atomic E-state index is -1.47. The molecule has 1 aliphatic rings. The van der Waals surface area contributed by atoms with Gasteiger partial charge < -0.3 is 4.74 Å². The van der Waals surface area contributed by atoms with E-state index in [1.807, 2.05) is 25.3 Å². The van der Waals surface area contributed by atoms with Crippen LogP contribution in [0.4, 0.5) is 13.2 Å². The predicted molar refractivity (Wildman–Crippen MR) is 119 cm³/mol. The van der Waals surface area contributed by atoms with E-state index in [0.717, 1.165) is 29.8 Å². The molecule has 0 unspecified atom stereocenters. The average molecular weight is 466 g/mol. The van der Waals surface area contributed by atoms with Gasteiger partial charge in [0.2, 0.25) is 0 Å². The number of imidazole rings is 1. The maximum atomic E-state index is 13.8. The number of rotatable bonds is 5. The number of benzene rings is 1. The number of aryl methyl sites for hydroxylation is 2. The summed E-state index contributed by atoms with van der Waals surface area (Å²) in [4.78, 5) is 13.3. The van der Waals surface area contributed by atoms with E-state index < -0.39 is 17.5 Å². The largest absolute Gasteiger partial charge is 0.493 e. The van der Waals surface area contributed by atoms with E-state index in [-0.39, 0.29) is 5.92 Å². The van der Waals surface area contributed by atoms with Crippen LogP contribution >= 0.6 is 0 Å². The molecule has 34 heavy (non-hydrogen) atoms. The van der Waals surface area contributed by atoms with Crippen molar-refractivity contribution >= 4 is 12.2 Å². The van der Waals surface area contributed by atoms with E-state index in [1.54, 1.807) is 35.0 Å². The molecule has 3 aromatic heterocycles. The van der Waals surface area contributed by atoms with Crippen LogP contribution in [0.2, 0.25) is 0 Å². The van der Waals surface area contributed by atoms with Crippen LogP contribution in [0.5, 0.6) is 5.75 Å². The van der Waals surface area contributed by atoms with Gasteiger partial charge in [0, 0.05) is 24.9 Å². The summed E-state index contributed by atoms with van der Waals surface area (Å²) in [5.41, 5.74) is 2.00. The van der Waals surface area contributed by atoms with Gasteiger partial charge in [-0.3, -0.25) is 4.57 Å². The zero-order chi connectivity index (χ0) is 23.8. The molecule has 0 saturated carbocycles. The van der Waals surface area contributed by atoms with Gasteiger partial charge in [-0.2, -0.15) is 5.10 Å². The van der Waals surface area contributed by atoms with Crippen LogP contribution in [0, 0.1) is 24.4 Å². The Hall–Kier alpha value is -3.95. The van der Waals surface area contributed by atoms with Crippen LogP contribution in [-0.4, -0.2) is 36.4 Å². The lowest BCUT2D eigenvalue weighted by molar-refractivity contribution is 0.410. The van der Waals surface area contributed by atoms with Crippen molar-refractivity contribution in [2.75, 3.05) is 7.11 Å². The Kier molecular flexibility index (Phi) is 5.64. The molecule has 1 aromatic carbocycles. The van der Waals surface area contributed by atoms with Gasteiger partial charge in [-0.05, 0) is 61.2 Å². The van der Waals surface area contributed by atoms with Crippen molar-refractivity contribution in [2.45, 2.75) is 32.2 Å². The SMILES string of the molecule is COc1cc(C=Cc2nc3n(n2)CCC[C@H]3c2cc(F)c(F)c(F)c2)cnc1-n1cnc(C)c1. The van der Waals surface area contributed by atoms with Gasteiger partial charge in [0.25, 0.3) is 0 Å². The fourth-order valence-electron chi connectivity index (χ4n) is 4.13. The Morgan fingerprint density at radius 2 is 1.88 bits per heavy atom. The minimum Gasteiger partial charge on any atom is -0.493 e. The van der Waals surface area contributed by atoms with E-state index >= 15 is 0 Å². The molecule has 5 rings (SSSR count). The number of methoxy groups -OCH3 is 1. The maximum absolute atomic E-state index is 13.8. The molecule has 0 radical (unpaired) electrons. The molecule has 0 aliphatic carbocycles. The van der Waals surface area contributed by atoms with Crippen molar-refractivity contribution in [1.82, 2.24) is 29.3 Å². The van der Waals surface area contributed by atoms with Crippen molar-refractivity contribution in [2.24, 2.45) is 0 Å². The number of halogens is 3. The van der Waals surface area contributed by atoms with Crippen molar-refractivity contribution in [3.05, 3.63) is 82.8 Å². The third kappa shape index (κ3) is 4.07. The monoisotopic (exact) mass is 466 g/mol. The normalized spacial score (nSPS) is 15.6. The molecular formula is C24H21F3N6O. The molecule has 1 atom stereocenters. The predicted octanol–water partition coefficient (Wildman–Crippen LogP) is 4.69. The Morgan fingerprint density at radius 1 is 1.09 bits per heavy atom. The summed E-state index contributed by atoms with van der Waals surface area (Å²) in [5, 5.41) is 4.51. The van der Waals surface area contributed by atoms with E-state index in [9.17, 15) is 13.2 Å². The Labute approximate surface area is 193 Å². The fourth-order valence-corrected chi connectivity index (χ4v) is 4.13. The number of fused-ring (bicyclic) bond motifs is 1. The second-order valence-electron chi connectivity index (χ2n) is 8.09. The lowest BCUT2D eigenvalue weighted by Crippen LogP contribution is -2.18. The van der Waals surface area contributed by atoms with Gasteiger partial charge in [0.15, 0.2) is 34.8 Å². The van der Waals surface area contributed by atoms with Crippen LogP contribution in [0.1, 0.15) is 47.2 Å². The summed E-state index contributed by atoms with van der Waals surface area (Å²) in [6, 6.07) is 3.91. The average Bonchev–Trinajstić information content (AvgIpc) is 3.46. The first-order valence-electron chi connectivity index (χ1n) is 10.7. The van der Waals surface area contributed by atoms with Gasteiger partial charge in [0.1, 0.15) is 12.2 Å². The molecule has 0 amide bonds. The smallest absolute Gasteiger partial charge is 0.194 e. The van der Waals surface area contributed by atoms with E-state index in [2.05, 4.69) is 20.1 Å². The van der Waals surface area contributed by atoms with E-state index in [4.69, 9.17) is 4.74 Å². The van der Waals surface area contributed by atoms with Crippen LogP contribution < -0.4 is 4.74 Å². The fraction of sp³-hybridized carbons (Fsp3) is 0.250. The molecule has 0 fully saturated rings. The first kappa shape index (κ1) is 21.9. The highest BCUT2D eigenvalue weighted by molar-refractivity contribution is 5.67. The lowest BCUT2D eigenvalue weighted by Gasteiger charge is -2.22. The molecule has 174 valence electrons. The van der Waals surface area contributed by atoms with Crippen LogP contribution in [0.3, 0.4) is 0 Å². The van der Waals surface area contributed by atoms with Crippen molar-refractivity contribution in [3.8, 4) is 11.6 Å². The maximum Gasteiger partial charge on any atom is 0.194 e. The summed E-state index contributed by atoms with van der Waals surface area (Å²) < 4.78 is 50.0. The Morgan fingerprint density at radius 3 is 2.59 bits per heavy atom. The van der Waals surface area contributed by atoms with Crippen LogP contribution in [-0.2, 0) is 6.54 Å². The summed E-state index contributed by atoms with van der Waals surface area (Å²) >= 11 is 0. The quantitative estimate of drug-likeness (QED) is 0.399. The van der Waals surface area contributed by atoms with Crippen molar-refractivity contribution in [1.29, 1.82) is 0 Å². The molecule has 0 bridgehead atoms. The zero-order valence-corrected chi connectivity index (χ0v) is 18.5. The highest BCUT2D eigenvalue weighted by atomic mass is 19.2. The summed E-state index contributed by atoms with van der Waals surface area (Å²) in [6.45, 7) is 2.54. The van der Waals surface area contributed by atoms with Gasteiger partial charge in [-0.1, -0.05) is 0 Å². The van der Waals surface area contributed by atoms with Crippen LogP contribution in [0.15, 0.2) is 36.9 Å². The molecule has 10 heteroatoms. The number of aromatic nitrogens is 6. The highest BCUT2D eigenvalue weighted by Gasteiger charge is 2.27. The Bertz CT molecular complexity index is 1370. The highest BCUT2D eigenvalue weighted by Crippen LogP contribution is 2.33. The standard InChI is InChI=1S/C24H21F3N6O/c1-14-12-32(13-29-14)24-20(34-2)8-15(11-28-24)5-6-21-30-23-17(4-3-7-33(23)31-21)16-9-18(25)22(27)19(26)10-16/h5-6,8-13,17H,3-4,7H2,1-2H3/t17-/m0/s1. The molecule has 0 saturated heterocycles.